The number of rotatable bonds is 22. The fourth-order valence-electron chi connectivity index (χ4n) is 6.53. The molecule has 1 heterocycles. The molecule has 1 aliphatic heterocycles. The van der Waals surface area contributed by atoms with Gasteiger partial charge in [0.05, 0.1) is 38.3 Å². The van der Waals surface area contributed by atoms with Gasteiger partial charge in [-0.1, -0.05) is 42.5 Å². The summed E-state index contributed by atoms with van der Waals surface area (Å²) in [5.41, 5.74) is -9.36. The van der Waals surface area contributed by atoms with Gasteiger partial charge >= 0.3 is 39.6 Å². The van der Waals surface area contributed by atoms with Crippen LogP contribution in [0.25, 0.3) is 10.8 Å². The van der Waals surface area contributed by atoms with E-state index in [4.69, 9.17) is 28.4 Å². The molecule has 1 saturated heterocycles. The van der Waals surface area contributed by atoms with Gasteiger partial charge < -0.3 is 49.7 Å². The number of carbonyl (C=O) groups excluding carboxylic acids is 6. The van der Waals surface area contributed by atoms with Crippen LogP contribution in [0, 0.1) is 5.41 Å². The third-order valence-electron chi connectivity index (χ3n) is 9.81. The molecule has 4 amide bonds. The second-order valence-corrected chi connectivity index (χ2v) is 22.1. The number of hydrogen-bond acceptors (Lipinski definition) is 15. The third kappa shape index (κ3) is 21.1. The van der Waals surface area contributed by atoms with Gasteiger partial charge in [-0.25, -0.2) is 14.4 Å². The number of hydrogen-bond donors (Lipinski definition) is 4. The smallest absolute Gasteiger partial charge is 0.460 e. The summed E-state index contributed by atoms with van der Waals surface area (Å²) in [6, 6.07) is 8.15. The highest BCUT2D eigenvalue weighted by Crippen LogP contribution is 2.33. The normalized spacial score (nSPS) is 16.5. The Bertz CT molecular complexity index is 2240. The summed E-state index contributed by atoms with van der Waals surface area (Å²) < 4.78 is 100. The number of fused-ring (bicyclic) bond motifs is 1. The van der Waals surface area contributed by atoms with Crippen LogP contribution in [-0.2, 0) is 73.1 Å². The van der Waals surface area contributed by atoms with Crippen molar-refractivity contribution in [2.24, 2.45) is 5.41 Å². The van der Waals surface area contributed by atoms with Crippen molar-refractivity contribution in [3.8, 4) is 0 Å². The van der Waals surface area contributed by atoms with Crippen molar-refractivity contribution >= 4 is 56.6 Å². The van der Waals surface area contributed by atoms with E-state index in [2.05, 4.69) is 25.5 Å². The molecule has 0 aromatic heterocycles. The van der Waals surface area contributed by atoms with Crippen LogP contribution >= 0.6 is 0 Å². The van der Waals surface area contributed by atoms with Crippen LogP contribution < -0.4 is 21.3 Å². The van der Waals surface area contributed by atoms with Crippen LogP contribution in [0.15, 0.2) is 42.5 Å². The Morgan fingerprint density at radius 3 is 1.84 bits per heavy atom. The van der Waals surface area contributed by atoms with Gasteiger partial charge in [0.25, 0.3) is 0 Å². The summed E-state index contributed by atoms with van der Waals surface area (Å²) in [7, 11) is -5.98. The summed E-state index contributed by atoms with van der Waals surface area (Å²) in [5.74, 6) is -5.01. The van der Waals surface area contributed by atoms with Gasteiger partial charge in [-0.05, 0) is 112 Å². The highest BCUT2D eigenvalue weighted by Gasteiger charge is 2.50. The molecule has 3 unspecified atom stereocenters. The molecule has 23 heteroatoms. The number of nitrogens with one attached hydrogen (secondary N) is 4. The van der Waals surface area contributed by atoms with Gasteiger partial charge in [-0.3, -0.25) is 18.6 Å². The summed E-state index contributed by atoms with van der Waals surface area (Å²) in [5, 5.41) is 12.2. The lowest BCUT2D eigenvalue weighted by Crippen LogP contribution is -2.53. The average Bonchev–Trinajstić information content (AvgIpc) is 3.20. The monoisotopic (exact) mass is 1020 g/mol. The standard InChI is InChI=1S/C47H69F3N4O15S/c1-42(2,3)67-37(56)24-35(40(59)69-44(7,8)9)54-41(60)53-33(39(58)68-43(4,5)6)18-14-15-21-51-38(57)34(23-30-19-20-31-16-12-13-17-32(31)22-30)52-36(55)25-63-26-46(27-64-45(10,11)65-28-46)29-66-70(61,62)47(48,49)50/h12-13,16-17,19-20,22,33-35H,14-15,18,21,23-29H2,1-11H3,(H,51,57)(H,52,55)(H2,53,54,60). The Morgan fingerprint density at radius 1 is 0.714 bits per heavy atom. The zero-order chi connectivity index (χ0) is 52.9. The largest absolute Gasteiger partial charge is 0.523 e. The van der Waals surface area contributed by atoms with Gasteiger partial charge in [0.15, 0.2) is 5.79 Å². The van der Waals surface area contributed by atoms with E-state index in [0.29, 0.717) is 5.56 Å². The molecule has 0 aliphatic carbocycles. The van der Waals surface area contributed by atoms with E-state index < -0.39 is 124 Å². The van der Waals surface area contributed by atoms with E-state index in [0.717, 1.165) is 10.8 Å². The fraction of sp³-hybridized carbons (Fsp3) is 0.660. The molecule has 2 aromatic carbocycles. The Balaban J connectivity index is 1.71. The van der Waals surface area contributed by atoms with Crippen LogP contribution in [0.2, 0.25) is 0 Å². The topological polar surface area (TPSA) is 249 Å². The summed E-state index contributed by atoms with van der Waals surface area (Å²) in [6.07, 6.45) is -0.0213. The van der Waals surface area contributed by atoms with Crippen molar-refractivity contribution in [1.29, 1.82) is 0 Å². The first kappa shape index (κ1) is 59.2. The molecule has 394 valence electrons. The molecular formula is C47H69F3N4O15S. The molecule has 1 aliphatic rings. The van der Waals surface area contributed by atoms with Crippen LogP contribution in [0.4, 0.5) is 18.0 Å². The summed E-state index contributed by atoms with van der Waals surface area (Å²) in [6.45, 7) is 14.9. The Labute approximate surface area is 407 Å². The van der Waals surface area contributed by atoms with E-state index in [9.17, 15) is 50.4 Å². The minimum atomic E-state index is -5.98. The Morgan fingerprint density at radius 2 is 1.27 bits per heavy atom. The second kappa shape index (κ2) is 24.3. The lowest BCUT2D eigenvalue weighted by molar-refractivity contribution is -0.295. The number of alkyl halides is 3. The molecule has 70 heavy (non-hydrogen) atoms. The lowest BCUT2D eigenvalue weighted by Gasteiger charge is -2.42. The fourth-order valence-corrected chi connectivity index (χ4v) is 7.06. The van der Waals surface area contributed by atoms with Gasteiger partial charge in [-0.2, -0.15) is 21.6 Å². The molecule has 0 saturated carbocycles. The molecular weight excluding hydrogens is 950 g/mol. The minimum absolute atomic E-state index is 0.0121. The maximum Gasteiger partial charge on any atom is 0.523 e. The van der Waals surface area contributed by atoms with Gasteiger partial charge in [0, 0.05) is 13.0 Å². The number of amides is 4. The number of esters is 3. The van der Waals surface area contributed by atoms with E-state index >= 15 is 0 Å². The molecule has 3 rings (SSSR count). The maximum absolute atomic E-state index is 13.8. The predicted octanol–water partition coefficient (Wildman–Crippen LogP) is 5.26. The first-order valence-electron chi connectivity index (χ1n) is 22.7. The maximum atomic E-state index is 13.8. The Kier molecular flexibility index (Phi) is 20.6. The van der Waals surface area contributed by atoms with Gasteiger partial charge in [0.2, 0.25) is 11.8 Å². The number of urea groups is 1. The molecule has 3 atom stereocenters. The molecule has 4 N–H and O–H groups in total. The average molecular weight is 1020 g/mol. The number of halogens is 3. The molecule has 0 bridgehead atoms. The van der Waals surface area contributed by atoms with Crippen molar-refractivity contribution in [3.05, 3.63) is 48.0 Å². The first-order chi connectivity index (χ1) is 32.1. The van der Waals surface area contributed by atoms with Crippen molar-refractivity contribution in [1.82, 2.24) is 21.3 Å². The Hall–Kier alpha value is -5.10. The van der Waals surface area contributed by atoms with Crippen LogP contribution in [0.5, 0.6) is 0 Å². The molecule has 2 aromatic rings. The molecule has 19 nitrogen and oxygen atoms in total. The predicted molar refractivity (Wildman–Crippen MR) is 248 cm³/mol. The second-order valence-electron chi connectivity index (χ2n) is 20.5. The highest BCUT2D eigenvalue weighted by molar-refractivity contribution is 7.87. The minimum Gasteiger partial charge on any atom is -0.460 e. The van der Waals surface area contributed by atoms with Crippen molar-refractivity contribution in [3.63, 3.8) is 0 Å². The number of benzene rings is 2. The molecule has 0 radical (unpaired) electrons. The van der Waals surface area contributed by atoms with Crippen LogP contribution in [0.1, 0.15) is 107 Å². The summed E-state index contributed by atoms with van der Waals surface area (Å²) >= 11 is 0. The van der Waals surface area contributed by atoms with E-state index in [1.54, 1.807) is 82.2 Å². The molecule has 0 spiro atoms. The van der Waals surface area contributed by atoms with Crippen LogP contribution in [-0.4, -0.2) is 130 Å². The third-order valence-corrected chi connectivity index (χ3v) is 10.8. The van der Waals surface area contributed by atoms with Crippen LogP contribution in [0.3, 0.4) is 0 Å². The number of carbonyl (C=O) groups is 6. The van der Waals surface area contributed by atoms with E-state index in [1.165, 1.54) is 0 Å². The zero-order valence-corrected chi connectivity index (χ0v) is 42.5. The first-order valence-corrected chi connectivity index (χ1v) is 24.1. The van der Waals surface area contributed by atoms with Crippen molar-refractivity contribution in [2.45, 2.75) is 154 Å². The van der Waals surface area contributed by atoms with Crippen molar-refractivity contribution in [2.75, 3.05) is 39.6 Å². The molecule has 1 fully saturated rings. The quantitative estimate of drug-likeness (QED) is 0.0386. The number of ether oxygens (including phenoxy) is 6. The number of unbranched alkanes of at least 4 members (excludes halogenated alkanes) is 1. The summed E-state index contributed by atoms with van der Waals surface area (Å²) in [4.78, 5) is 79.6. The van der Waals surface area contributed by atoms with E-state index in [1.807, 2.05) is 36.4 Å². The SMILES string of the molecule is CC(C)(C)OC(=O)CC(NC(=O)NC(CCCCNC(=O)C(Cc1ccc2ccccc2c1)NC(=O)COCC1(COS(=O)(=O)C(F)(F)F)COC(C)(C)OC1)C(=O)OC(C)(C)C)C(=O)OC(C)(C)C. The van der Waals surface area contributed by atoms with Crippen molar-refractivity contribution < 1.29 is 83.0 Å². The van der Waals surface area contributed by atoms with E-state index in [-0.39, 0.29) is 45.4 Å². The lowest BCUT2D eigenvalue weighted by atomic mass is 9.91. The van der Waals surface area contributed by atoms with Gasteiger partial charge in [0.1, 0.15) is 41.5 Å². The highest BCUT2D eigenvalue weighted by atomic mass is 32.2. The zero-order valence-electron chi connectivity index (χ0n) is 41.7. The van der Waals surface area contributed by atoms with Gasteiger partial charge in [-0.15, -0.1) is 0 Å².